The number of rotatable bonds is 4. The average molecular weight is 237 g/mol. The molecule has 0 amide bonds. The normalized spacial score (nSPS) is 11.5. The van der Waals surface area contributed by atoms with Crippen LogP contribution in [0.15, 0.2) is 34.7 Å². The number of anilines is 1. The molecule has 4 heteroatoms. The lowest BCUT2D eigenvalue weighted by molar-refractivity contribution is -0.131. The minimum absolute atomic E-state index is 0.663. The third kappa shape index (κ3) is 3.98. The van der Waals surface area contributed by atoms with E-state index >= 15 is 0 Å². The van der Waals surface area contributed by atoms with Gasteiger partial charge in [0.2, 0.25) is 0 Å². The third-order valence-electron chi connectivity index (χ3n) is 2.04. The van der Waals surface area contributed by atoms with Crippen LogP contribution in [0.5, 0.6) is 0 Å². The van der Waals surface area contributed by atoms with E-state index in [-0.39, 0.29) is 0 Å². The van der Waals surface area contributed by atoms with Crippen molar-refractivity contribution in [1.29, 1.82) is 0 Å². The molecular formula is C12H15NO2S. The van der Waals surface area contributed by atoms with Crippen LogP contribution in [-0.4, -0.2) is 16.8 Å². The van der Waals surface area contributed by atoms with Gasteiger partial charge in [-0.3, -0.25) is 0 Å². The van der Waals surface area contributed by atoms with Crippen molar-refractivity contribution >= 4 is 23.4 Å². The Hall–Kier alpha value is -1.42. The van der Waals surface area contributed by atoms with Gasteiger partial charge in [0.05, 0.1) is 0 Å². The number of thioether (sulfide) groups is 1. The van der Waals surface area contributed by atoms with Gasteiger partial charge in [0.15, 0.2) is 0 Å². The van der Waals surface area contributed by atoms with Gasteiger partial charge >= 0.3 is 5.97 Å². The maximum atomic E-state index is 10.4. The summed E-state index contributed by atoms with van der Waals surface area (Å²) >= 11 is 1.60. The maximum Gasteiger partial charge on any atom is 0.328 e. The summed E-state index contributed by atoms with van der Waals surface area (Å²) in [5, 5.41) is 8.57. The van der Waals surface area contributed by atoms with Crippen LogP contribution in [0.1, 0.15) is 12.5 Å². The second kappa shape index (κ2) is 5.61. The van der Waals surface area contributed by atoms with E-state index in [0.717, 1.165) is 21.7 Å². The average Bonchev–Trinajstić information content (AvgIpc) is 2.18. The maximum absolute atomic E-state index is 10.4. The molecule has 0 aliphatic carbocycles. The molecule has 86 valence electrons. The predicted octanol–water partition coefficient (Wildman–Crippen LogP) is 2.70. The first-order valence-corrected chi connectivity index (χ1v) is 5.86. The zero-order valence-corrected chi connectivity index (χ0v) is 10.2. The lowest BCUT2D eigenvalue weighted by Crippen LogP contribution is -1.93. The zero-order chi connectivity index (χ0) is 12.1. The van der Waals surface area contributed by atoms with Crippen molar-refractivity contribution < 1.29 is 9.90 Å². The van der Waals surface area contributed by atoms with Gasteiger partial charge in [-0.2, -0.15) is 0 Å². The topological polar surface area (TPSA) is 63.3 Å². The Morgan fingerprint density at radius 1 is 1.56 bits per heavy atom. The highest BCUT2D eigenvalue weighted by molar-refractivity contribution is 7.99. The van der Waals surface area contributed by atoms with E-state index < -0.39 is 5.97 Å². The molecule has 3 nitrogen and oxygen atoms in total. The van der Waals surface area contributed by atoms with E-state index in [0.29, 0.717) is 5.75 Å². The van der Waals surface area contributed by atoms with Crippen molar-refractivity contribution in [2.75, 3.05) is 11.5 Å². The fraction of sp³-hybridized carbons (Fsp3) is 0.250. The molecule has 0 saturated carbocycles. The second-order valence-corrected chi connectivity index (χ2v) is 4.66. The Balaban J connectivity index is 2.68. The van der Waals surface area contributed by atoms with Gasteiger partial charge in [0.1, 0.15) is 0 Å². The summed E-state index contributed by atoms with van der Waals surface area (Å²) in [6.07, 6.45) is 1.23. The fourth-order valence-electron chi connectivity index (χ4n) is 1.22. The molecule has 0 aliphatic rings. The van der Waals surface area contributed by atoms with Crippen LogP contribution in [-0.2, 0) is 4.79 Å². The molecule has 0 bridgehead atoms. The van der Waals surface area contributed by atoms with Gasteiger partial charge in [-0.25, -0.2) is 4.79 Å². The van der Waals surface area contributed by atoms with Crippen LogP contribution in [0.4, 0.5) is 5.69 Å². The molecule has 0 fully saturated rings. The number of hydrogen-bond acceptors (Lipinski definition) is 3. The third-order valence-corrected chi connectivity index (χ3v) is 3.39. The van der Waals surface area contributed by atoms with Gasteiger partial charge in [-0.05, 0) is 31.5 Å². The van der Waals surface area contributed by atoms with Crippen LogP contribution in [0, 0.1) is 6.92 Å². The summed E-state index contributed by atoms with van der Waals surface area (Å²) in [6.45, 7) is 3.82. The quantitative estimate of drug-likeness (QED) is 0.480. The molecule has 1 aromatic rings. The van der Waals surface area contributed by atoms with E-state index in [2.05, 4.69) is 0 Å². The molecule has 0 spiro atoms. The first kappa shape index (κ1) is 12.6. The summed E-state index contributed by atoms with van der Waals surface area (Å²) in [5.74, 6) is -0.237. The lowest BCUT2D eigenvalue weighted by Gasteiger charge is -2.06. The van der Waals surface area contributed by atoms with Crippen molar-refractivity contribution in [2.45, 2.75) is 18.7 Å². The Morgan fingerprint density at radius 3 is 2.88 bits per heavy atom. The SMILES string of the molecule is CC(=CC(=O)O)CSc1cc(N)ccc1C. The van der Waals surface area contributed by atoms with Crippen molar-refractivity contribution in [3.05, 3.63) is 35.4 Å². The van der Waals surface area contributed by atoms with E-state index in [1.807, 2.05) is 32.0 Å². The zero-order valence-electron chi connectivity index (χ0n) is 9.36. The number of aliphatic carboxylic acids is 1. The molecule has 0 aromatic heterocycles. The van der Waals surface area contributed by atoms with Crippen molar-refractivity contribution in [2.24, 2.45) is 0 Å². The highest BCUT2D eigenvalue weighted by Crippen LogP contribution is 2.26. The monoisotopic (exact) mass is 237 g/mol. The van der Waals surface area contributed by atoms with E-state index in [1.54, 1.807) is 11.8 Å². The van der Waals surface area contributed by atoms with E-state index in [4.69, 9.17) is 10.8 Å². The number of aryl methyl sites for hydroxylation is 1. The highest BCUT2D eigenvalue weighted by atomic mass is 32.2. The molecule has 0 radical (unpaired) electrons. The van der Waals surface area contributed by atoms with Gasteiger partial charge < -0.3 is 10.8 Å². The highest BCUT2D eigenvalue weighted by Gasteiger charge is 2.01. The van der Waals surface area contributed by atoms with Gasteiger partial charge in [-0.15, -0.1) is 11.8 Å². The Morgan fingerprint density at radius 2 is 2.25 bits per heavy atom. The molecule has 16 heavy (non-hydrogen) atoms. The number of carboxylic acid groups (broad SMARTS) is 1. The van der Waals surface area contributed by atoms with Crippen molar-refractivity contribution in [3.63, 3.8) is 0 Å². The Kier molecular flexibility index (Phi) is 4.43. The molecule has 0 heterocycles. The predicted molar refractivity (Wildman–Crippen MR) is 67.7 cm³/mol. The molecule has 0 aliphatic heterocycles. The van der Waals surface area contributed by atoms with Crippen LogP contribution < -0.4 is 5.73 Å². The minimum atomic E-state index is -0.901. The molecular weight excluding hydrogens is 222 g/mol. The van der Waals surface area contributed by atoms with Crippen LogP contribution in [0.3, 0.4) is 0 Å². The first-order chi connectivity index (χ1) is 7.49. The number of hydrogen-bond donors (Lipinski definition) is 2. The summed E-state index contributed by atoms with van der Waals surface area (Å²) in [6, 6.07) is 5.74. The van der Waals surface area contributed by atoms with E-state index in [9.17, 15) is 4.79 Å². The molecule has 1 rings (SSSR count). The summed E-state index contributed by atoms with van der Waals surface area (Å²) in [4.78, 5) is 11.5. The van der Waals surface area contributed by atoms with Crippen LogP contribution in [0.25, 0.3) is 0 Å². The fourth-order valence-corrected chi connectivity index (χ4v) is 2.20. The number of carboxylic acids is 1. The minimum Gasteiger partial charge on any atom is -0.478 e. The van der Waals surface area contributed by atoms with Crippen LogP contribution >= 0.6 is 11.8 Å². The Bertz CT molecular complexity index is 427. The summed E-state index contributed by atoms with van der Waals surface area (Å²) < 4.78 is 0. The largest absolute Gasteiger partial charge is 0.478 e. The number of benzene rings is 1. The summed E-state index contributed by atoms with van der Waals surface area (Å²) in [7, 11) is 0. The molecule has 0 atom stereocenters. The molecule has 0 saturated heterocycles. The van der Waals surface area contributed by atoms with Gasteiger partial charge in [0, 0.05) is 22.4 Å². The van der Waals surface area contributed by atoms with E-state index in [1.165, 1.54) is 6.08 Å². The van der Waals surface area contributed by atoms with Crippen molar-refractivity contribution in [3.8, 4) is 0 Å². The number of nitrogens with two attached hydrogens (primary N) is 1. The second-order valence-electron chi connectivity index (χ2n) is 3.64. The number of nitrogen functional groups attached to an aromatic ring is 1. The number of carbonyl (C=O) groups is 1. The van der Waals surface area contributed by atoms with Crippen LogP contribution in [0.2, 0.25) is 0 Å². The smallest absolute Gasteiger partial charge is 0.328 e. The first-order valence-electron chi connectivity index (χ1n) is 4.88. The molecule has 0 unspecified atom stereocenters. The van der Waals surface area contributed by atoms with Gasteiger partial charge in [0.25, 0.3) is 0 Å². The standard InChI is InChI=1S/C12H15NO2S/c1-8(5-12(14)15)7-16-11-6-10(13)4-3-9(11)2/h3-6H,7,13H2,1-2H3,(H,14,15). The lowest BCUT2D eigenvalue weighted by atomic mass is 10.2. The van der Waals surface area contributed by atoms with Crippen molar-refractivity contribution in [1.82, 2.24) is 0 Å². The molecule has 1 aromatic carbocycles. The summed E-state index contributed by atoms with van der Waals surface area (Å²) in [5.41, 5.74) is 8.41. The van der Waals surface area contributed by atoms with Gasteiger partial charge in [-0.1, -0.05) is 11.6 Å². The Labute approximate surface area is 99.4 Å². The molecule has 3 N–H and O–H groups in total.